The number of H-pyrrole nitrogens is 1. The number of hydrogen-bond acceptors (Lipinski definition) is 4. The van der Waals surface area contributed by atoms with Gasteiger partial charge >= 0.3 is 0 Å². The van der Waals surface area contributed by atoms with Crippen LogP contribution in [0.4, 0.5) is 0 Å². The number of halogens is 2. The second-order valence-electron chi connectivity index (χ2n) is 4.03. The van der Waals surface area contributed by atoms with Crippen LogP contribution in [-0.4, -0.2) is 21.5 Å². The molecule has 2 rings (SSSR count). The highest BCUT2D eigenvalue weighted by Crippen LogP contribution is 2.23. The molecule has 0 spiro atoms. The van der Waals surface area contributed by atoms with E-state index in [4.69, 9.17) is 23.2 Å². The molecule has 1 aromatic carbocycles. The first-order chi connectivity index (χ1) is 9.45. The van der Waals surface area contributed by atoms with Crippen LogP contribution in [0.15, 0.2) is 34.2 Å². The number of ketones is 1. The van der Waals surface area contributed by atoms with Gasteiger partial charge in [0.15, 0.2) is 10.9 Å². The van der Waals surface area contributed by atoms with Gasteiger partial charge in [-0.05, 0) is 25.1 Å². The average Bonchev–Trinajstić information content (AvgIpc) is 2.35. The van der Waals surface area contributed by atoms with Crippen LogP contribution in [0, 0.1) is 6.92 Å². The first-order valence-electron chi connectivity index (χ1n) is 5.65. The quantitative estimate of drug-likeness (QED) is 0.531. The van der Waals surface area contributed by atoms with E-state index >= 15 is 0 Å². The number of aromatic amines is 1. The van der Waals surface area contributed by atoms with E-state index in [1.54, 1.807) is 19.1 Å². The summed E-state index contributed by atoms with van der Waals surface area (Å²) in [5.74, 6) is -0.0193. The van der Waals surface area contributed by atoms with Gasteiger partial charge in [0.05, 0.1) is 10.8 Å². The van der Waals surface area contributed by atoms with Crippen LogP contribution in [-0.2, 0) is 0 Å². The molecule has 0 fully saturated rings. The highest BCUT2D eigenvalue weighted by atomic mass is 35.5. The maximum absolute atomic E-state index is 12.1. The van der Waals surface area contributed by atoms with Crippen molar-refractivity contribution in [1.82, 2.24) is 9.97 Å². The monoisotopic (exact) mass is 328 g/mol. The number of aryl methyl sites for hydroxylation is 1. The highest BCUT2D eigenvalue weighted by Gasteiger charge is 2.12. The van der Waals surface area contributed by atoms with Crippen LogP contribution in [0.5, 0.6) is 0 Å². The Morgan fingerprint density at radius 1 is 1.35 bits per heavy atom. The third-order valence-corrected chi connectivity index (χ3v) is 3.84. The summed E-state index contributed by atoms with van der Waals surface area (Å²) >= 11 is 12.9. The summed E-state index contributed by atoms with van der Waals surface area (Å²) in [7, 11) is 0. The van der Waals surface area contributed by atoms with E-state index in [0.717, 1.165) is 11.8 Å². The fraction of sp³-hybridized carbons (Fsp3) is 0.154. The maximum Gasteiger partial charge on any atom is 0.251 e. The molecule has 0 radical (unpaired) electrons. The number of benzene rings is 1. The smallest absolute Gasteiger partial charge is 0.251 e. The van der Waals surface area contributed by atoms with Crippen molar-refractivity contribution in [3.63, 3.8) is 0 Å². The molecule has 20 heavy (non-hydrogen) atoms. The van der Waals surface area contributed by atoms with Crippen LogP contribution in [0.2, 0.25) is 10.0 Å². The molecule has 4 nitrogen and oxygen atoms in total. The molecule has 7 heteroatoms. The van der Waals surface area contributed by atoms with Crippen molar-refractivity contribution in [1.29, 1.82) is 0 Å². The lowest BCUT2D eigenvalue weighted by atomic mass is 10.1. The van der Waals surface area contributed by atoms with E-state index in [9.17, 15) is 9.59 Å². The minimum atomic E-state index is -0.239. The zero-order valence-corrected chi connectivity index (χ0v) is 12.8. The Morgan fingerprint density at radius 3 is 2.75 bits per heavy atom. The Labute approximate surface area is 129 Å². The number of Topliss-reactive ketones (excluding diaryl/α,β-unsaturated/α-hetero) is 1. The molecule has 0 saturated heterocycles. The SMILES string of the molecule is Cc1cc(=O)[nH]c(SCC(=O)c2ccc(Cl)cc2Cl)n1. The number of carbonyl (C=O) groups excluding carboxylic acids is 1. The molecule has 104 valence electrons. The molecule has 1 heterocycles. The third-order valence-electron chi connectivity index (χ3n) is 2.42. The molecule has 1 N–H and O–H groups in total. The minimum Gasteiger partial charge on any atom is -0.301 e. The normalized spacial score (nSPS) is 10.6. The zero-order valence-electron chi connectivity index (χ0n) is 10.4. The number of thioether (sulfide) groups is 1. The van der Waals surface area contributed by atoms with Gasteiger partial charge in [-0.2, -0.15) is 0 Å². The molecule has 0 atom stereocenters. The Morgan fingerprint density at radius 2 is 2.10 bits per heavy atom. The van der Waals surface area contributed by atoms with Crippen LogP contribution in [0.25, 0.3) is 0 Å². The van der Waals surface area contributed by atoms with Gasteiger partial charge in [0.25, 0.3) is 5.56 Å². The summed E-state index contributed by atoms with van der Waals surface area (Å²) in [4.78, 5) is 30.0. The Hall–Kier alpha value is -1.30. The molecule has 0 unspecified atom stereocenters. The molecule has 1 aromatic heterocycles. The molecule has 0 amide bonds. The molecular formula is C13H10Cl2N2O2S. The minimum absolute atomic E-state index is 0.133. The van der Waals surface area contributed by atoms with Gasteiger partial charge in [0.2, 0.25) is 0 Å². The molecule has 2 aromatic rings. The van der Waals surface area contributed by atoms with Gasteiger partial charge < -0.3 is 4.98 Å². The van der Waals surface area contributed by atoms with Gasteiger partial charge in [0.1, 0.15) is 0 Å². The zero-order chi connectivity index (χ0) is 14.7. The highest BCUT2D eigenvalue weighted by molar-refractivity contribution is 7.99. The lowest BCUT2D eigenvalue weighted by Gasteiger charge is -2.04. The van der Waals surface area contributed by atoms with E-state index in [1.165, 1.54) is 12.1 Å². The molecular weight excluding hydrogens is 319 g/mol. The van der Waals surface area contributed by atoms with Gasteiger partial charge in [-0.15, -0.1) is 0 Å². The number of rotatable bonds is 4. The molecule has 0 bridgehead atoms. The Kier molecular flexibility index (Phi) is 4.86. The van der Waals surface area contributed by atoms with Crippen molar-refractivity contribution < 1.29 is 4.79 Å². The van der Waals surface area contributed by atoms with Crippen LogP contribution < -0.4 is 5.56 Å². The summed E-state index contributed by atoms with van der Waals surface area (Å²) < 4.78 is 0. The van der Waals surface area contributed by atoms with E-state index in [-0.39, 0.29) is 17.1 Å². The van der Waals surface area contributed by atoms with Gasteiger partial charge in [-0.1, -0.05) is 35.0 Å². The molecule has 0 aliphatic carbocycles. The predicted molar refractivity (Wildman–Crippen MR) is 81.1 cm³/mol. The van der Waals surface area contributed by atoms with Crippen LogP contribution >= 0.6 is 35.0 Å². The molecule has 0 aliphatic rings. The topological polar surface area (TPSA) is 62.8 Å². The number of aromatic nitrogens is 2. The summed E-state index contributed by atoms with van der Waals surface area (Å²) in [5, 5.41) is 1.20. The second-order valence-corrected chi connectivity index (χ2v) is 5.84. The largest absolute Gasteiger partial charge is 0.301 e. The Bertz CT molecular complexity index is 716. The van der Waals surface area contributed by atoms with Gasteiger partial charge in [-0.25, -0.2) is 4.98 Å². The lowest BCUT2D eigenvalue weighted by Crippen LogP contribution is -2.10. The number of nitrogens with one attached hydrogen (secondary N) is 1. The van der Waals surface area contributed by atoms with Gasteiger partial charge in [-0.3, -0.25) is 9.59 Å². The van der Waals surface area contributed by atoms with E-state index < -0.39 is 0 Å². The lowest BCUT2D eigenvalue weighted by molar-refractivity contribution is 0.102. The Balaban J connectivity index is 2.10. The fourth-order valence-corrected chi connectivity index (χ4v) is 2.87. The van der Waals surface area contributed by atoms with Crippen molar-refractivity contribution in [2.24, 2.45) is 0 Å². The standard InChI is InChI=1S/C13H10Cl2N2O2S/c1-7-4-12(19)17-13(16-7)20-6-11(18)9-3-2-8(14)5-10(9)15/h2-5H,6H2,1H3,(H,16,17,19). The van der Waals surface area contributed by atoms with Gasteiger partial charge in [0, 0.05) is 22.3 Å². The van der Waals surface area contributed by atoms with Crippen LogP contribution in [0.1, 0.15) is 16.1 Å². The first-order valence-corrected chi connectivity index (χ1v) is 7.39. The number of nitrogens with zero attached hydrogens (tertiary/aromatic N) is 1. The average molecular weight is 329 g/mol. The number of hydrogen-bond donors (Lipinski definition) is 1. The maximum atomic E-state index is 12.1. The number of carbonyl (C=O) groups is 1. The first kappa shape index (κ1) is 15.1. The summed E-state index contributed by atoms with van der Waals surface area (Å²) in [5.41, 5.74) is 0.767. The molecule has 0 aliphatic heterocycles. The van der Waals surface area contributed by atoms with Crippen LogP contribution in [0.3, 0.4) is 0 Å². The third kappa shape index (κ3) is 3.85. The van der Waals surface area contributed by atoms with Crippen molar-refractivity contribution in [2.75, 3.05) is 5.75 Å². The van der Waals surface area contributed by atoms with Crippen molar-refractivity contribution in [2.45, 2.75) is 12.1 Å². The summed E-state index contributed by atoms with van der Waals surface area (Å²) in [6.45, 7) is 1.72. The molecule has 0 saturated carbocycles. The van der Waals surface area contributed by atoms with E-state index in [1.807, 2.05) is 0 Å². The van der Waals surface area contributed by atoms with Crippen molar-refractivity contribution >= 4 is 40.7 Å². The van der Waals surface area contributed by atoms with E-state index in [2.05, 4.69) is 9.97 Å². The van der Waals surface area contributed by atoms with Crippen molar-refractivity contribution in [3.05, 3.63) is 55.9 Å². The summed E-state index contributed by atoms with van der Waals surface area (Å²) in [6.07, 6.45) is 0. The fourth-order valence-electron chi connectivity index (χ4n) is 1.55. The second kappa shape index (κ2) is 6.43. The van der Waals surface area contributed by atoms with E-state index in [0.29, 0.717) is 26.5 Å². The predicted octanol–water partition coefficient (Wildman–Crippen LogP) is 3.36. The van der Waals surface area contributed by atoms with Crippen molar-refractivity contribution in [3.8, 4) is 0 Å². The summed E-state index contributed by atoms with van der Waals surface area (Å²) in [6, 6.07) is 6.11.